The number of carbonyl (C=O) groups is 1. The number of alkyl halides is 3. The van der Waals surface area contributed by atoms with E-state index >= 15 is 0 Å². The van der Waals surface area contributed by atoms with Gasteiger partial charge in [0.05, 0.1) is 39.0 Å². The predicted octanol–water partition coefficient (Wildman–Crippen LogP) is 0.750. The first kappa shape index (κ1) is 22.4. The molecule has 3 saturated heterocycles. The highest BCUT2D eigenvalue weighted by molar-refractivity contribution is 5.82. The van der Waals surface area contributed by atoms with Crippen molar-refractivity contribution in [3.8, 4) is 0 Å². The monoisotopic (exact) mass is 475 g/mol. The maximum absolute atomic E-state index is 15.0. The van der Waals surface area contributed by atoms with Gasteiger partial charge in [0.2, 0.25) is 17.7 Å². The maximum atomic E-state index is 15.0. The minimum atomic E-state index is -4.66. The molecule has 0 radical (unpaired) electrons. The second-order valence-corrected chi connectivity index (χ2v) is 9.13. The first-order valence-electron chi connectivity index (χ1n) is 11.0. The van der Waals surface area contributed by atoms with Crippen molar-refractivity contribution in [1.29, 1.82) is 0 Å². The van der Waals surface area contributed by atoms with Gasteiger partial charge in [0, 0.05) is 19.5 Å². The lowest BCUT2D eigenvalue weighted by Gasteiger charge is -2.55. The minimum absolute atomic E-state index is 0.242. The van der Waals surface area contributed by atoms with Crippen molar-refractivity contribution in [2.75, 3.05) is 55.8 Å². The molecule has 5 heterocycles. The van der Waals surface area contributed by atoms with E-state index in [4.69, 9.17) is 9.47 Å². The van der Waals surface area contributed by atoms with Gasteiger partial charge in [0.25, 0.3) is 5.56 Å². The van der Waals surface area contributed by atoms with Crippen molar-refractivity contribution < 1.29 is 31.8 Å². The second-order valence-electron chi connectivity index (χ2n) is 9.13. The number of morpholine rings is 1. The lowest BCUT2D eigenvalue weighted by molar-refractivity contribution is -0.221. The van der Waals surface area contributed by atoms with Gasteiger partial charge in [-0.1, -0.05) is 0 Å². The number of amides is 1. The van der Waals surface area contributed by atoms with E-state index < -0.39 is 42.5 Å². The molecule has 1 unspecified atom stereocenters. The van der Waals surface area contributed by atoms with Crippen LogP contribution in [0.4, 0.5) is 29.3 Å². The Morgan fingerprint density at radius 3 is 2.58 bits per heavy atom. The Kier molecular flexibility index (Phi) is 5.31. The zero-order valence-corrected chi connectivity index (χ0v) is 18.1. The summed E-state index contributed by atoms with van der Waals surface area (Å²) in [6, 6.07) is -2.33. The van der Waals surface area contributed by atoms with Gasteiger partial charge in [-0.2, -0.15) is 22.5 Å². The molecular weight excluding hydrogens is 450 g/mol. The fourth-order valence-corrected chi connectivity index (χ4v) is 4.94. The molecule has 9 nitrogen and oxygen atoms in total. The van der Waals surface area contributed by atoms with Crippen LogP contribution in [0.25, 0.3) is 0 Å². The summed E-state index contributed by atoms with van der Waals surface area (Å²) in [5.74, 6) is -2.28. The summed E-state index contributed by atoms with van der Waals surface area (Å²) >= 11 is 0. The Morgan fingerprint density at radius 2 is 1.97 bits per heavy atom. The quantitative estimate of drug-likeness (QED) is 0.597. The highest BCUT2D eigenvalue weighted by Gasteiger charge is 2.52. The van der Waals surface area contributed by atoms with E-state index in [1.807, 2.05) is 0 Å². The number of ether oxygens (including phenoxy) is 2. The summed E-state index contributed by atoms with van der Waals surface area (Å²) in [5, 5.41) is 0. The van der Waals surface area contributed by atoms with Gasteiger partial charge in [-0.05, 0) is 13.3 Å². The van der Waals surface area contributed by atoms with E-state index in [0.717, 1.165) is 15.9 Å². The Morgan fingerprint density at radius 1 is 1.24 bits per heavy atom. The van der Waals surface area contributed by atoms with Gasteiger partial charge in [-0.15, -0.1) is 0 Å². The lowest BCUT2D eigenvalue weighted by Crippen LogP contribution is -2.70. The number of likely N-dealkylation sites (tertiary alicyclic amines) is 1. The summed E-state index contributed by atoms with van der Waals surface area (Å²) in [6.07, 6.45) is -4.33. The number of hydrogen-bond acceptors (Lipinski definition) is 7. The fraction of sp³-hybridized carbons (Fsp3) is 0.750. The number of fused-ring (bicyclic) bond motifs is 1. The summed E-state index contributed by atoms with van der Waals surface area (Å²) in [6.45, 7) is 2.85. The molecule has 0 N–H and O–H groups in total. The van der Waals surface area contributed by atoms with E-state index in [0.29, 0.717) is 19.7 Å². The van der Waals surface area contributed by atoms with Crippen LogP contribution < -0.4 is 15.4 Å². The van der Waals surface area contributed by atoms with Crippen LogP contribution >= 0.6 is 0 Å². The van der Waals surface area contributed by atoms with Gasteiger partial charge in [-0.25, -0.2) is 0 Å². The molecule has 0 aliphatic carbocycles. The number of carbonyl (C=O) groups excluding carboxylic acids is 1. The Bertz CT molecular complexity index is 1000. The van der Waals surface area contributed by atoms with Crippen LogP contribution in [0.1, 0.15) is 19.8 Å². The summed E-state index contributed by atoms with van der Waals surface area (Å²) < 4.78 is 68.4. The van der Waals surface area contributed by atoms with Crippen molar-refractivity contribution in [3.05, 3.63) is 16.2 Å². The van der Waals surface area contributed by atoms with Crippen LogP contribution in [0.2, 0.25) is 0 Å². The summed E-state index contributed by atoms with van der Waals surface area (Å²) in [5.41, 5.74) is -1.41. The summed E-state index contributed by atoms with van der Waals surface area (Å²) in [4.78, 5) is 33.6. The molecule has 0 saturated carbocycles. The predicted molar refractivity (Wildman–Crippen MR) is 108 cm³/mol. The molecule has 33 heavy (non-hydrogen) atoms. The van der Waals surface area contributed by atoms with E-state index in [9.17, 15) is 27.2 Å². The molecule has 3 fully saturated rings. The van der Waals surface area contributed by atoms with E-state index in [1.165, 1.54) is 9.80 Å². The molecule has 1 spiro atoms. The van der Waals surface area contributed by atoms with Gasteiger partial charge in [-0.3, -0.25) is 14.2 Å². The van der Waals surface area contributed by atoms with E-state index in [1.54, 1.807) is 6.92 Å². The van der Waals surface area contributed by atoms with Gasteiger partial charge >= 0.3 is 6.18 Å². The summed E-state index contributed by atoms with van der Waals surface area (Å²) in [7, 11) is 0. The number of halogens is 4. The van der Waals surface area contributed by atoms with Crippen LogP contribution in [0.3, 0.4) is 0 Å². The molecule has 1 aromatic rings. The van der Waals surface area contributed by atoms with Crippen LogP contribution in [-0.4, -0.2) is 90.2 Å². The smallest absolute Gasteiger partial charge is 0.377 e. The third-order valence-electron chi connectivity index (χ3n) is 6.94. The van der Waals surface area contributed by atoms with Crippen molar-refractivity contribution >= 4 is 17.7 Å². The molecule has 182 valence electrons. The topological polar surface area (TPSA) is 80.1 Å². The van der Waals surface area contributed by atoms with Crippen LogP contribution in [0, 0.1) is 5.82 Å². The Balaban J connectivity index is 1.49. The zero-order valence-electron chi connectivity index (χ0n) is 18.1. The number of aromatic nitrogens is 2. The minimum Gasteiger partial charge on any atom is -0.377 e. The van der Waals surface area contributed by atoms with Crippen molar-refractivity contribution in [2.45, 2.75) is 50.2 Å². The Labute approximate surface area is 186 Å². The van der Waals surface area contributed by atoms with Crippen LogP contribution in [0.5, 0.6) is 0 Å². The molecule has 0 aromatic carbocycles. The average molecular weight is 475 g/mol. The Hall–Kier alpha value is -2.41. The molecule has 1 amide bonds. The number of anilines is 2. The third-order valence-corrected chi connectivity index (χ3v) is 6.94. The van der Waals surface area contributed by atoms with E-state index in [-0.39, 0.29) is 49.7 Å². The molecule has 2 atom stereocenters. The van der Waals surface area contributed by atoms with Gasteiger partial charge < -0.3 is 24.2 Å². The first-order chi connectivity index (χ1) is 15.6. The fourth-order valence-electron chi connectivity index (χ4n) is 4.94. The van der Waals surface area contributed by atoms with Crippen molar-refractivity contribution in [2.24, 2.45) is 0 Å². The van der Waals surface area contributed by atoms with Gasteiger partial charge in [0.1, 0.15) is 18.2 Å². The van der Waals surface area contributed by atoms with Gasteiger partial charge in [0.15, 0.2) is 5.82 Å². The average Bonchev–Trinajstić information content (AvgIpc) is 2.68. The molecular formula is C20H25F4N5O4. The second kappa shape index (κ2) is 7.83. The number of rotatable bonds is 3. The zero-order chi connectivity index (χ0) is 23.5. The highest BCUT2D eigenvalue weighted by atomic mass is 19.4. The van der Waals surface area contributed by atoms with Crippen LogP contribution in [0.15, 0.2) is 4.79 Å². The number of nitrogens with zero attached hydrogens (tertiary/aromatic N) is 5. The molecule has 13 heteroatoms. The van der Waals surface area contributed by atoms with Crippen molar-refractivity contribution in [1.82, 2.24) is 14.5 Å². The number of hydrogen-bond donors (Lipinski definition) is 0. The van der Waals surface area contributed by atoms with Crippen molar-refractivity contribution in [3.63, 3.8) is 0 Å². The lowest BCUT2D eigenvalue weighted by atomic mass is 9.86. The molecule has 4 aliphatic heterocycles. The molecule has 4 aliphatic rings. The largest absolute Gasteiger partial charge is 0.408 e. The van der Waals surface area contributed by atoms with E-state index in [2.05, 4.69) is 4.98 Å². The normalized spacial score (nSPS) is 26.6. The molecule has 0 bridgehead atoms. The maximum Gasteiger partial charge on any atom is 0.408 e. The first-order valence-corrected chi connectivity index (χ1v) is 11.0. The van der Waals surface area contributed by atoms with Crippen LogP contribution in [-0.2, 0) is 20.8 Å². The molecule has 5 rings (SSSR count). The SMILES string of the molecule is C[C@@H]1COCCN1c1nc2n(c(=O)c1F)CCC(C(F)(F)F)N2CC(=O)N1CC2(CCO2)C1. The standard InChI is InChI=1S/C20H25F4N5O4/c1-12-9-32-7-5-27(12)16-15(21)17(31)28-4-2-13(20(22,23)24)29(18(28)25-16)8-14(30)26-10-19(11-26)3-6-33-19/h12-13H,2-11H2,1H3/t12-,13?/m1/s1. The molecule has 1 aromatic heterocycles. The third kappa shape index (κ3) is 3.74. The highest BCUT2D eigenvalue weighted by Crippen LogP contribution is 2.38.